The zero-order valence-electron chi connectivity index (χ0n) is 7.19. The van der Waals surface area contributed by atoms with Crippen molar-refractivity contribution in [1.29, 1.82) is 5.26 Å². The minimum atomic E-state index is -1.08. The van der Waals surface area contributed by atoms with E-state index in [1.54, 1.807) is 6.08 Å². The lowest BCUT2D eigenvalue weighted by Crippen LogP contribution is -2.40. The summed E-state index contributed by atoms with van der Waals surface area (Å²) in [5.74, 6) is -0.439. The van der Waals surface area contributed by atoms with Crippen LogP contribution in [0.4, 0.5) is 0 Å². The second kappa shape index (κ2) is 2.57. The predicted octanol–water partition coefficient (Wildman–Crippen LogP) is 0.539. The highest BCUT2D eigenvalue weighted by atomic mass is 16.6. The summed E-state index contributed by atoms with van der Waals surface area (Å²) in [5, 5.41) is 8.95. The van der Waals surface area contributed by atoms with Crippen LogP contribution in [0.3, 0.4) is 0 Å². The molecule has 2 rings (SSSR count). The van der Waals surface area contributed by atoms with Crippen LogP contribution in [0, 0.1) is 11.3 Å². The first-order valence-electron chi connectivity index (χ1n) is 4.11. The van der Waals surface area contributed by atoms with Gasteiger partial charge in [-0.2, -0.15) is 5.26 Å². The fourth-order valence-electron chi connectivity index (χ4n) is 1.79. The third-order valence-corrected chi connectivity index (χ3v) is 2.30. The van der Waals surface area contributed by atoms with Gasteiger partial charge in [0.05, 0.1) is 6.10 Å². The number of esters is 1. The predicted molar refractivity (Wildman–Crippen MR) is 42.5 cm³/mol. The molecule has 0 aromatic heterocycles. The molecule has 1 saturated heterocycles. The van der Waals surface area contributed by atoms with Gasteiger partial charge in [-0.15, -0.1) is 0 Å². The molecule has 0 aliphatic carbocycles. The molecule has 3 atom stereocenters. The summed E-state index contributed by atoms with van der Waals surface area (Å²) >= 11 is 0. The topological polar surface area (TPSA) is 59.3 Å². The first-order valence-corrected chi connectivity index (χ1v) is 4.11. The fraction of sp³-hybridized carbons (Fsp3) is 0.556. The van der Waals surface area contributed by atoms with Gasteiger partial charge in [0.15, 0.2) is 0 Å². The summed E-state index contributed by atoms with van der Waals surface area (Å²) in [6.45, 7) is 1.30. The molecule has 2 aliphatic rings. The highest BCUT2D eigenvalue weighted by molar-refractivity contribution is 5.67. The average Bonchev–Trinajstić information content (AvgIpc) is 2.62. The standard InChI is InChI=1S/C9H9NO3/c1-6(11)13-9(5-10)4-7-2-3-8(9)12-7/h2-3,7-8H,4H2,1H3. The van der Waals surface area contributed by atoms with Crippen molar-refractivity contribution in [3.8, 4) is 6.07 Å². The Morgan fingerprint density at radius 1 is 1.77 bits per heavy atom. The fourth-order valence-corrected chi connectivity index (χ4v) is 1.79. The Morgan fingerprint density at radius 2 is 2.54 bits per heavy atom. The van der Waals surface area contributed by atoms with Crippen LogP contribution in [0.1, 0.15) is 13.3 Å². The summed E-state index contributed by atoms with van der Waals surface area (Å²) in [5.41, 5.74) is -1.08. The zero-order valence-corrected chi connectivity index (χ0v) is 7.19. The van der Waals surface area contributed by atoms with E-state index in [2.05, 4.69) is 0 Å². The van der Waals surface area contributed by atoms with Crippen molar-refractivity contribution in [3.05, 3.63) is 12.2 Å². The van der Waals surface area contributed by atoms with Crippen LogP contribution in [0.25, 0.3) is 0 Å². The second-order valence-corrected chi connectivity index (χ2v) is 3.28. The molecule has 0 radical (unpaired) electrons. The molecule has 68 valence electrons. The molecule has 4 heteroatoms. The Hall–Kier alpha value is -1.34. The van der Waals surface area contributed by atoms with E-state index >= 15 is 0 Å². The average molecular weight is 179 g/mol. The number of rotatable bonds is 1. The van der Waals surface area contributed by atoms with Crippen LogP contribution in [0.2, 0.25) is 0 Å². The molecule has 0 N–H and O–H groups in total. The minimum absolute atomic E-state index is 0.0657. The molecular weight excluding hydrogens is 170 g/mol. The van der Waals surface area contributed by atoms with Crippen molar-refractivity contribution in [3.63, 3.8) is 0 Å². The van der Waals surface area contributed by atoms with Gasteiger partial charge in [0, 0.05) is 13.3 Å². The molecule has 0 spiro atoms. The largest absolute Gasteiger partial charge is 0.440 e. The van der Waals surface area contributed by atoms with Gasteiger partial charge in [-0.1, -0.05) is 12.2 Å². The molecular formula is C9H9NO3. The monoisotopic (exact) mass is 179 g/mol. The number of fused-ring (bicyclic) bond motifs is 2. The second-order valence-electron chi connectivity index (χ2n) is 3.28. The van der Waals surface area contributed by atoms with Gasteiger partial charge in [-0.3, -0.25) is 4.79 Å². The first-order chi connectivity index (χ1) is 6.16. The van der Waals surface area contributed by atoms with Crippen LogP contribution in [-0.2, 0) is 14.3 Å². The van der Waals surface area contributed by atoms with Crippen molar-refractivity contribution in [2.24, 2.45) is 0 Å². The lowest BCUT2D eigenvalue weighted by Gasteiger charge is -2.24. The molecule has 3 unspecified atom stereocenters. The van der Waals surface area contributed by atoms with E-state index in [0.29, 0.717) is 6.42 Å². The highest BCUT2D eigenvalue weighted by Crippen LogP contribution is 2.39. The zero-order chi connectivity index (χ0) is 9.47. The molecule has 13 heavy (non-hydrogen) atoms. The van der Waals surface area contributed by atoms with Crippen LogP contribution in [-0.4, -0.2) is 23.8 Å². The first kappa shape index (κ1) is 8.27. The number of hydrogen-bond donors (Lipinski definition) is 0. The number of nitriles is 1. The molecule has 2 aliphatic heterocycles. The third kappa shape index (κ3) is 1.12. The van der Waals surface area contributed by atoms with E-state index in [4.69, 9.17) is 14.7 Å². The Balaban J connectivity index is 2.24. The maximum Gasteiger partial charge on any atom is 0.304 e. The summed E-state index contributed by atoms with van der Waals surface area (Å²) in [6.07, 6.45) is 3.67. The van der Waals surface area contributed by atoms with Gasteiger partial charge in [0.1, 0.15) is 12.2 Å². The lowest BCUT2D eigenvalue weighted by molar-refractivity contribution is -0.154. The van der Waals surface area contributed by atoms with E-state index in [1.165, 1.54) is 6.92 Å². The Labute approximate surface area is 75.7 Å². The van der Waals surface area contributed by atoms with E-state index in [9.17, 15) is 4.79 Å². The summed E-state index contributed by atoms with van der Waals surface area (Å²) in [7, 11) is 0. The van der Waals surface area contributed by atoms with Gasteiger partial charge < -0.3 is 9.47 Å². The number of nitrogens with zero attached hydrogens (tertiary/aromatic N) is 1. The van der Waals surface area contributed by atoms with Gasteiger partial charge in [0.2, 0.25) is 5.60 Å². The molecule has 0 saturated carbocycles. The number of hydrogen-bond acceptors (Lipinski definition) is 4. The van der Waals surface area contributed by atoms with Gasteiger partial charge in [-0.05, 0) is 0 Å². The molecule has 2 bridgehead atoms. The Bertz CT molecular complexity index is 317. The van der Waals surface area contributed by atoms with Gasteiger partial charge in [-0.25, -0.2) is 0 Å². The molecule has 0 aromatic carbocycles. The third-order valence-electron chi connectivity index (χ3n) is 2.30. The molecule has 4 nitrogen and oxygen atoms in total. The van der Waals surface area contributed by atoms with E-state index < -0.39 is 11.6 Å². The quantitative estimate of drug-likeness (QED) is 0.435. The maximum atomic E-state index is 10.8. The van der Waals surface area contributed by atoms with Crippen molar-refractivity contribution >= 4 is 5.97 Å². The Morgan fingerprint density at radius 3 is 2.92 bits per heavy atom. The van der Waals surface area contributed by atoms with Crippen molar-refractivity contribution in [2.45, 2.75) is 31.2 Å². The normalized spacial score (nSPS) is 40.3. The smallest absolute Gasteiger partial charge is 0.304 e. The SMILES string of the molecule is CC(=O)OC1(C#N)CC2C=CC1O2. The lowest BCUT2D eigenvalue weighted by atomic mass is 9.90. The number of ether oxygens (including phenoxy) is 2. The number of carbonyl (C=O) groups excluding carboxylic acids is 1. The van der Waals surface area contributed by atoms with E-state index in [1.807, 2.05) is 12.1 Å². The van der Waals surface area contributed by atoms with Crippen LogP contribution in [0.5, 0.6) is 0 Å². The molecule has 0 amide bonds. The molecule has 1 fully saturated rings. The van der Waals surface area contributed by atoms with Crippen molar-refractivity contribution in [2.75, 3.05) is 0 Å². The maximum absolute atomic E-state index is 10.8. The minimum Gasteiger partial charge on any atom is -0.440 e. The summed E-state index contributed by atoms with van der Waals surface area (Å²) < 4.78 is 10.4. The van der Waals surface area contributed by atoms with Crippen LogP contribution in [0.15, 0.2) is 12.2 Å². The van der Waals surface area contributed by atoms with Crippen LogP contribution >= 0.6 is 0 Å². The van der Waals surface area contributed by atoms with Crippen molar-refractivity contribution < 1.29 is 14.3 Å². The summed E-state index contributed by atoms with van der Waals surface area (Å²) in [4.78, 5) is 10.8. The van der Waals surface area contributed by atoms with Gasteiger partial charge >= 0.3 is 5.97 Å². The van der Waals surface area contributed by atoms with Gasteiger partial charge in [0.25, 0.3) is 0 Å². The molecule has 2 heterocycles. The molecule has 0 aromatic rings. The van der Waals surface area contributed by atoms with E-state index in [-0.39, 0.29) is 12.2 Å². The number of carbonyl (C=O) groups is 1. The van der Waals surface area contributed by atoms with Crippen LogP contribution < -0.4 is 0 Å². The van der Waals surface area contributed by atoms with E-state index in [0.717, 1.165) is 0 Å². The van der Waals surface area contributed by atoms with Crippen molar-refractivity contribution in [1.82, 2.24) is 0 Å². The highest BCUT2D eigenvalue weighted by Gasteiger charge is 2.53. The summed E-state index contributed by atoms with van der Waals surface area (Å²) in [6, 6.07) is 2.02. The Kier molecular flexibility index (Phi) is 1.64.